The minimum atomic E-state index is -4.78. The van der Waals surface area contributed by atoms with Crippen LogP contribution in [0.1, 0.15) is 33.6 Å². The normalized spacial score (nSPS) is 16.1. The van der Waals surface area contributed by atoms with Gasteiger partial charge in [-0.05, 0) is 31.0 Å². The fraction of sp³-hybridized carbons (Fsp3) is 0.333. The third-order valence-corrected chi connectivity index (χ3v) is 5.06. The second kappa shape index (κ2) is 9.14. The quantitative estimate of drug-likeness (QED) is 0.544. The Morgan fingerprint density at radius 1 is 1.30 bits per heavy atom. The molecule has 1 aliphatic rings. The van der Waals surface area contributed by atoms with Gasteiger partial charge in [-0.25, -0.2) is 14.4 Å². The zero-order valence-electron chi connectivity index (χ0n) is 17.5. The number of aromatic nitrogens is 4. The Kier molecular flexibility index (Phi) is 6.27. The van der Waals surface area contributed by atoms with E-state index in [2.05, 4.69) is 25.6 Å². The van der Waals surface area contributed by atoms with E-state index in [-0.39, 0.29) is 23.8 Å². The lowest BCUT2D eigenvalue weighted by molar-refractivity contribution is -0.140. The molecule has 1 fully saturated rings. The number of hydrogen-bond acceptors (Lipinski definition) is 6. The maximum atomic E-state index is 13.7. The number of benzene rings is 1. The van der Waals surface area contributed by atoms with Gasteiger partial charge >= 0.3 is 6.18 Å². The van der Waals surface area contributed by atoms with Gasteiger partial charge in [0.25, 0.3) is 5.91 Å². The number of imidazole rings is 1. The van der Waals surface area contributed by atoms with E-state index in [0.717, 1.165) is 24.1 Å². The molecule has 8 nitrogen and oxygen atoms in total. The molecule has 3 aromatic rings. The average Bonchev–Trinajstić information content (AvgIpc) is 3.45. The second-order valence-corrected chi connectivity index (χ2v) is 7.57. The van der Waals surface area contributed by atoms with Crippen LogP contribution in [0.3, 0.4) is 0 Å². The molecule has 1 amide bonds. The van der Waals surface area contributed by atoms with E-state index < -0.39 is 23.5 Å². The number of nitrogens with one attached hydrogen (secondary N) is 2. The first-order chi connectivity index (χ1) is 15.7. The third-order valence-electron chi connectivity index (χ3n) is 5.06. The van der Waals surface area contributed by atoms with E-state index in [9.17, 15) is 22.4 Å². The summed E-state index contributed by atoms with van der Waals surface area (Å²) in [6.07, 6.45) is 0.618. The predicted molar refractivity (Wildman–Crippen MR) is 109 cm³/mol. The van der Waals surface area contributed by atoms with E-state index in [1.165, 1.54) is 12.5 Å². The lowest BCUT2D eigenvalue weighted by Crippen LogP contribution is -2.23. The molecular weight excluding hydrogens is 444 g/mol. The first-order valence-electron chi connectivity index (χ1n) is 10.1. The van der Waals surface area contributed by atoms with E-state index in [0.29, 0.717) is 31.0 Å². The van der Waals surface area contributed by atoms with Gasteiger partial charge in [0, 0.05) is 31.1 Å². The van der Waals surface area contributed by atoms with Crippen molar-refractivity contribution in [1.29, 1.82) is 0 Å². The number of carbonyl (C=O) groups excluding carboxylic acids is 1. The molecule has 174 valence electrons. The van der Waals surface area contributed by atoms with Crippen LogP contribution in [-0.4, -0.2) is 44.7 Å². The van der Waals surface area contributed by atoms with Gasteiger partial charge in [0.1, 0.15) is 23.7 Å². The molecule has 0 radical (unpaired) electrons. The number of rotatable bonds is 6. The summed E-state index contributed by atoms with van der Waals surface area (Å²) >= 11 is 0. The van der Waals surface area contributed by atoms with Gasteiger partial charge in [-0.15, -0.1) is 0 Å². The summed E-state index contributed by atoms with van der Waals surface area (Å²) in [6.45, 7) is 2.90. The van der Waals surface area contributed by atoms with Gasteiger partial charge in [0.05, 0.1) is 18.2 Å². The van der Waals surface area contributed by atoms with Crippen LogP contribution in [0.2, 0.25) is 0 Å². The largest absolute Gasteiger partial charge is 0.419 e. The maximum absolute atomic E-state index is 13.7. The summed E-state index contributed by atoms with van der Waals surface area (Å²) in [7, 11) is 0. The molecule has 1 aromatic carbocycles. The van der Waals surface area contributed by atoms with Crippen molar-refractivity contribution in [2.75, 3.05) is 18.5 Å². The second-order valence-electron chi connectivity index (χ2n) is 7.57. The SMILES string of the molecule is Cc1cnc(NC2CCOC2)nc1-n1cnc(C(=O)NCc2ccc(C(F)(F)F)c(F)c2)c1. The molecule has 12 heteroatoms. The van der Waals surface area contributed by atoms with Crippen LogP contribution in [0.15, 0.2) is 36.9 Å². The summed E-state index contributed by atoms with van der Waals surface area (Å²) in [5.74, 6) is -1.01. The van der Waals surface area contributed by atoms with Gasteiger partial charge in [-0.3, -0.25) is 9.36 Å². The average molecular weight is 464 g/mol. The maximum Gasteiger partial charge on any atom is 0.419 e. The number of anilines is 1. The molecule has 33 heavy (non-hydrogen) atoms. The summed E-state index contributed by atoms with van der Waals surface area (Å²) < 4.78 is 58.6. The molecule has 4 rings (SSSR count). The Labute approximate surface area is 186 Å². The highest BCUT2D eigenvalue weighted by Crippen LogP contribution is 2.31. The molecule has 2 N–H and O–H groups in total. The standard InChI is InChI=1S/C21H20F4N6O2/c1-12-7-27-20(29-14-4-5-33-10-14)30-18(12)31-9-17(28-11-31)19(32)26-8-13-2-3-15(16(22)6-13)21(23,24)25/h2-3,6-7,9,11,14H,4-5,8,10H2,1H3,(H,26,32)(H,27,29,30). The number of ether oxygens (including phenoxy) is 1. The first kappa shape index (κ1) is 22.6. The molecule has 0 spiro atoms. The van der Waals surface area contributed by atoms with Crippen molar-refractivity contribution in [3.8, 4) is 5.82 Å². The van der Waals surface area contributed by atoms with Gasteiger partial charge in [0.15, 0.2) is 0 Å². The van der Waals surface area contributed by atoms with Crippen molar-refractivity contribution in [2.45, 2.75) is 32.1 Å². The number of aryl methyl sites for hydroxylation is 1. The van der Waals surface area contributed by atoms with E-state index in [4.69, 9.17) is 4.74 Å². The number of hydrogen-bond donors (Lipinski definition) is 2. The van der Waals surface area contributed by atoms with Crippen molar-refractivity contribution in [1.82, 2.24) is 24.8 Å². The van der Waals surface area contributed by atoms with Crippen LogP contribution >= 0.6 is 0 Å². The Hall–Kier alpha value is -3.54. The first-order valence-corrected chi connectivity index (χ1v) is 10.1. The van der Waals surface area contributed by atoms with Crippen LogP contribution in [0.5, 0.6) is 0 Å². The van der Waals surface area contributed by atoms with Crippen molar-refractivity contribution in [3.05, 3.63) is 65.1 Å². The molecule has 1 unspecified atom stereocenters. The van der Waals surface area contributed by atoms with Crippen LogP contribution < -0.4 is 10.6 Å². The molecule has 1 saturated heterocycles. The summed E-state index contributed by atoms with van der Waals surface area (Å²) in [5, 5.41) is 5.72. The van der Waals surface area contributed by atoms with E-state index >= 15 is 0 Å². The van der Waals surface area contributed by atoms with Crippen LogP contribution in [0, 0.1) is 12.7 Å². The smallest absolute Gasteiger partial charge is 0.379 e. The number of carbonyl (C=O) groups is 1. The van der Waals surface area contributed by atoms with Crippen molar-refractivity contribution in [3.63, 3.8) is 0 Å². The number of halogens is 4. The Morgan fingerprint density at radius 2 is 2.12 bits per heavy atom. The molecule has 1 aliphatic heterocycles. The van der Waals surface area contributed by atoms with Crippen LogP contribution in [0.25, 0.3) is 5.82 Å². The topological polar surface area (TPSA) is 94.0 Å². The molecule has 2 aromatic heterocycles. The van der Waals surface area contributed by atoms with Gasteiger partial charge < -0.3 is 15.4 Å². The zero-order valence-corrected chi connectivity index (χ0v) is 17.5. The van der Waals surface area contributed by atoms with E-state index in [1.807, 2.05) is 6.92 Å². The molecule has 3 heterocycles. The molecule has 0 aliphatic carbocycles. The van der Waals surface area contributed by atoms with Gasteiger partial charge in [0.2, 0.25) is 5.95 Å². The van der Waals surface area contributed by atoms with Crippen LogP contribution in [-0.2, 0) is 17.5 Å². The predicted octanol–water partition coefficient (Wildman–Crippen LogP) is 3.26. The summed E-state index contributed by atoms with van der Waals surface area (Å²) in [4.78, 5) is 25.3. The highest BCUT2D eigenvalue weighted by molar-refractivity contribution is 5.92. The fourth-order valence-corrected chi connectivity index (χ4v) is 3.32. The number of amides is 1. The minimum absolute atomic E-state index is 0.0686. The zero-order chi connectivity index (χ0) is 23.6. The highest BCUT2D eigenvalue weighted by Gasteiger charge is 2.33. The monoisotopic (exact) mass is 464 g/mol. The van der Waals surface area contributed by atoms with Crippen molar-refractivity contribution < 1.29 is 27.1 Å². The minimum Gasteiger partial charge on any atom is -0.379 e. The summed E-state index contributed by atoms with van der Waals surface area (Å²) in [5.41, 5.74) is -0.343. The van der Waals surface area contributed by atoms with Gasteiger partial charge in [-0.1, -0.05) is 6.07 Å². The molecule has 0 saturated carbocycles. The molecular formula is C21H20F4N6O2. The van der Waals surface area contributed by atoms with Crippen molar-refractivity contribution in [2.24, 2.45) is 0 Å². The van der Waals surface area contributed by atoms with E-state index in [1.54, 1.807) is 10.8 Å². The lowest BCUT2D eigenvalue weighted by atomic mass is 10.1. The fourth-order valence-electron chi connectivity index (χ4n) is 3.32. The number of alkyl halides is 3. The Morgan fingerprint density at radius 3 is 2.82 bits per heavy atom. The number of nitrogens with zero attached hydrogens (tertiary/aromatic N) is 4. The Bertz CT molecular complexity index is 1160. The highest BCUT2D eigenvalue weighted by atomic mass is 19.4. The third kappa shape index (κ3) is 5.28. The Balaban J connectivity index is 1.43. The van der Waals surface area contributed by atoms with Crippen LogP contribution in [0.4, 0.5) is 23.5 Å². The van der Waals surface area contributed by atoms with Crippen molar-refractivity contribution >= 4 is 11.9 Å². The molecule has 1 atom stereocenters. The lowest BCUT2D eigenvalue weighted by Gasteiger charge is -2.12. The molecule has 0 bridgehead atoms. The summed E-state index contributed by atoms with van der Waals surface area (Å²) in [6, 6.07) is 2.63. The van der Waals surface area contributed by atoms with Gasteiger partial charge in [-0.2, -0.15) is 18.2 Å².